The largest absolute Gasteiger partial charge is 0.491 e. The van der Waals surface area contributed by atoms with E-state index in [9.17, 15) is 0 Å². The quantitative estimate of drug-likeness (QED) is 0.403. The summed E-state index contributed by atoms with van der Waals surface area (Å²) in [6.07, 6.45) is 3.30. The molecule has 1 aliphatic rings. The van der Waals surface area contributed by atoms with Gasteiger partial charge in [-0.1, -0.05) is 0 Å². The Bertz CT molecular complexity index is 272. The normalized spacial score (nSPS) is 21.0. The van der Waals surface area contributed by atoms with Gasteiger partial charge in [-0.05, 0) is 0 Å². The molecule has 1 atom stereocenters. The minimum Gasteiger partial charge on any atom is -0.423 e. The summed E-state index contributed by atoms with van der Waals surface area (Å²) in [6, 6.07) is 0. The lowest BCUT2D eigenvalue weighted by Gasteiger charge is -1.94. The first-order valence-corrected chi connectivity index (χ1v) is 3.76. The van der Waals surface area contributed by atoms with Gasteiger partial charge in [0.15, 0.2) is 0 Å². The third-order valence-electron chi connectivity index (χ3n) is 1.74. The molecule has 1 aromatic rings. The van der Waals surface area contributed by atoms with Crippen LogP contribution in [0.15, 0.2) is 12.4 Å². The molecule has 1 aliphatic heterocycles. The molecular weight excluding hydrogens is 159 g/mol. The van der Waals surface area contributed by atoms with E-state index in [0.717, 1.165) is 6.61 Å². The van der Waals surface area contributed by atoms with Crippen LogP contribution in [0.2, 0.25) is 0 Å². The third-order valence-corrected chi connectivity index (χ3v) is 1.74. The van der Waals surface area contributed by atoms with Gasteiger partial charge < -0.3 is 14.8 Å². The average molecular weight is 168 g/mol. The molecule has 0 amide bonds. The van der Waals surface area contributed by atoms with Gasteiger partial charge in [0, 0.05) is 17.9 Å². The van der Waals surface area contributed by atoms with Gasteiger partial charge in [-0.15, -0.1) is 0 Å². The monoisotopic (exact) mass is 168 g/mol. The van der Waals surface area contributed by atoms with Crippen molar-refractivity contribution in [1.29, 1.82) is 0 Å². The maximum Gasteiger partial charge on any atom is 0.491 e. The van der Waals surface area contributed by atoms with Gasteiger partial charge in [-0.25, -0.2) is 0 Å². The molecule has 6 heteroatoms. The molecule has 2 N–H and O–H groups in total. The van der Waals surface area contributed by atoms with Crippen LogP contribution in [0.25, 0.3) is 0 Å². The fourth-order valence-electron chi connectivity index (χ4n) is 0.995. The number of aromatic nitrogens is 2. The first-order chi connectivity index (χ1) is 5.75. The fourth-order valence-corrected chi connectivity index (χ4v) is 0.995. The van der Waals surface area contributed by atoms with Crippen LogP contribution in [0.3, 0.4) is 0 Å². The summed E-state index contributed by atoms with van der Waals surface area (Å²) in [5.41, 5.74) is 0.413. The maximum absolute atomic E-state index is 8.76. The predicted octanol–water partition coefficient (Wildman–Crippen LogP) is -2.04. The van der Waals surface area contributed by atoms with Crippen molar-refractivity contribution in [2.24, 2.45) is 0 Å². The van der Waals surface area contributed by atoms with Crippen LogP contribution in [0.4, 0.5) is 0 Å². The molecule has 0 radical (unpaired) electrons. The number of ether oxygens (including phenoxy) is 1. The summed E-state index contributed by atoms with van der Waals surface area (Å²) in [7, 11) is -1.43. The molecule has 5 nitrogen and oxygen atoms in total. The zero-order valence-electron chi connectivity index (χ0n) is 6.42. The zero-order valence-corrected chi connectivity index (χ0v) is 6.42. The molecule has 1 unspecified atom stereocenters. The van der Waals surface area contributed by atoms with Crippen LogP contribution in [-0.2, 0) is 11.3 Å². The highest BCUT2D eigenvalue weighted by atomic mass is 16.6. The Balaban J connectivity index is 2.02. The number of hydrogen-bond donors (Lipinski definition) is 2. The van der Waals surface area contributed by atoms with Crippen LogP contribution in [-0.4, -0.2) is 39.7 Å². The molecule has 0 spiro atoms. The smallest absolute Gasteiger partial charge is 0.423 e. The molecular formula is C6H9BN2O3. The fraction of sp³-hybridized carbons (Fsp3) is 0.500. The highest BCUT2D eigenvalue weighted by Gasteiger charge is 2.23. The Morgan fingerprint density at radius 1 is 1.75 bits per heavy atom. The van der Waals surface area contributed by atoms with Gasteiger partial charge in [-0.3, -0.25) is 4.68 Å². The second kappa shape index (κ2) is 2.89. The molecule has 1 saturated heterocycles. The lowest BCUT2D eigenvalue weighted by Crippen LogP contribution is -2.28. The minimum atomic E-state index is -1.43. The molecule has 2 heterocycles. The van der Waals surface area contributed by atoms with Gasteiger partial charge in [-0.2, -0.15) is 5.10 Å². The molecule has 0 bridgehead atoms. The lowest BCUT2D eigenvalue weighted by atomic mass is 9.83. The highest BCUT2D eigenvalue weighted by Crippen LogP contribution is 2.09. The van der Waals surface area contributed by atoms with Crippen molar-refractivity contribution in [2.45, 2.75) is 12.6 Å². The molecule has 0 saturated carbocycles. The van der Waals surface area contributed by atoms with E-state index < -0.39 is 7.12 Å². The number of hydrogen-bond acceptors (Lipinski definition) is 4. The van der Waals surface area contributed by atoms with E-state index in [2.05, 4.69) is 5.10 Å². The molecule has 2 rings (SSSR count). The molecule has 1 aromatic heterocycles. The molecule has 0 aromatic carbocycles. The second-order valence-electron chi connectivity index (χ2n) is 2.82. The van der Waals surface area contributed by atoms with Crippen molar-refractivity contribution in [3.8, 4) is 0 Å². The van der Waals surface area contributed by atoms with Crippen LogP contribution in [0.1, 0.15) is 0 Å². The van der Waals surface area contributed by atoms with Gasteiger partial charge in [0.25, 0.3) is 0 Å². The molecule has 64 valence electrons. The summed E-state index contributed by atoms with van der Waals surface area (Å²) < 4.78 is 6.64. The van der Waals surface area contributed by atoms with Crippen molar-refractivity contribution in [3.05, 3.63) is 12.4 Å². The Hall–Kier alpha value is -0.845. The zero-order chi connectivity index (χ0) is 8.55. The highest BCUT2D eigenvalue weighted by molar-refractivity contribution is 6.58. The second-order valence-corrected chi connectivity index (χ2v) is 2.82. The third kappa shape index (κ3) is 1.66. The summed E-state index contributed by atoms with van der Waals surface area (Å²) >= 11 is 0. The van der Waals surface area contributed by atoms with Gasteiger partial charge >= 0.3 is 7.12 Å². The van der Waals surface area contributed by atoms with Crippen molar-refractivity contribution < 1.29 is 14.8 Å². The number of epoxide rings is 1. The van der Waals surface area contributed by atoms with Crippen LogP contribution < -0.4 is 5.46 Å². The van der Waals surface area contributed by atoms with E-state index >= 15 is 0 Å². The van der Waals surface area contributed by atoms with Gasteiger partial charge in [0.05, 0.1) is 13.2 Å². The molecule has 1 fully saturated rings. The lowest BCUT2D eigenvalue weighted by molar-refractivity contribution is 0.373. The van der Waals surface area contributed by atoms with Gasteiger partial charge in [0.1, 0.15) is 6.10 Å². The van der Waals surface area contributed by atoms with Gasteiger partial charge in [0.2, 0.25) is 0 Å². The van der Waals surface area contributed by atoms with Crippen LogP contribution >= 0.6 is 0 Å². The Morgan fingerprint density at radius 2 is 2.50 bits per heavy atom. The van der Waals surface area contributed by atoms with E-state index in [4.69, 9.17) is 14.8 Å². The average Bonchev–Trinajstić information content (AvgIpc) is 2.66. The standard InChI is InChI=1S/C6H9BN2O3/c10-7(11)5-1-8-9(2-5)3-6-4-12-6/h1-2,6,10-11H,3-4H2. The van der Waals surface area contributed by atoms with Crippen molar-refractivity contribution in [2.75, 3.05) is 6.61 Å². The first kappa shape index (κ1) is 7.79. The molecule has 12 heavy (non-hydrogen) atoms. The van der Waals surface area contributed by atoms with Crippen molar-refractivity contribution >= 4 is 12.6 Å². The van der Waals surface area contributed by atoms with Crippen molar-refractivity contribution in [1.82, 2.24) is 9.78 Å². The Kier molecular flexibility index (Phi) is 1.88. The van der Waals surface area contributed by atoms with E-state index in [1.807, 2.05) is 0 Å². The Labute approximate surface area is 69.7 Å². The topological polar surface area (TPSA) is 70.8 Å². The van der Waals surface area contributed by atoms with Crippen LogP contribution in [0.5, 0.6) is 0 Å². The number of nitrogens with zero attached hydrogens (tertiary/aromatic N) is 2. The summed E-state index contributed by atoms with van der Waals surface area (Å²) in [5.74, 6) is 0. The van der Waals surface area contributed by atoms with Crippen LogP contribution in [0, 0.1) is 0 Å². The summed E-state index contributed by atoms with van der Waals surface area (Å²) in [5, 5.41) is 21.4. The van der Waals surface area contributed by atoms with E-state index in [0.29, 0.717) is 12.0 Å². The Morgan fingerprint density at radius 3 is 3.00 bits per heavy atom. The van der Waals surface area contributed by atoms with E-state index in [1.54, 1.807) is 10.9 Å². The number of rotatable bonds is 3. The molecule has 0 aliphatic carbocycles. The summed E-state index contributed by atoms with van der Waals surface area (Å²) in [6.45, 7) is 1.46. The van der Waals surface area contributed by atoms with E-state index in [1.165, 1.54) is 6.20 Å². The SMILES string of the molecule is OB(O)c1cnn(CC2CO2)c1. The predicted molar refractivity (Wildman–Crippen MR) is 41.8 cm³/mol. The minimum absolute atomic E-state index is 0.258. The summed E-state index contributed by atoms with van der Waals surface area (Å²) in [4.78, 5) is 0. The maximum atomic E-state index is 8.76. The van der Waals surface area contributed by atoms with Crippen molar-refractivity contribution in [3.63, 3.8) is 0 Å². The first-order valence-electron chi connectivity index (χ1n) is 3.76. The van der Waals surface area contributed by atoms with E-state index in [-0.39, 0.29) is 6.10 Å².